The fourth-order valence-corrected chi connectivity index (χ4v) is 4.75. The molecule has 0 radical (unpaired) electrons. The largest absolute Gasteiger partial charge is 0.506 e. The van der Waals surface area contributed by atoms with Gasteiger partial charge in [-0.3, -0.25) is 4.98 Å². The second-order valence-electron chi connectivity index (χ2n) is 8.05. The zero-order valence-corrected chi connectivity index (χ0v) is 15.1. The van der Waals surface area contributed by atoms with Crippen molar-refractivity contribution in [2.45, 2.75) is 31.3 Å². The number of aromatic nitrogens is 1. The van der Waals surface area contributed by atoms with Gasteiger partial charge in [0.1, 0.15) is 17.4 Å². The van der Waals surface area contributed by atoms with Crippen LogP contribution < -0.4 is 0 Å². The molecule has 2 aromatic rings. The quantitative estimate of drug-likeness (QED) is 0.845. The molecule has 2 N–H and O–H groups in total. The Labute approximate surface area is 157 Å². The molecule has 0 bridgehead atoms. The Kier molecular flexibility index (Phi) is 4.86. The van der Waals surface area contributed by atoms with E-state index in [0.717, 1.165) is 31.7 Å². The predicted octanol–water partition coefficient (Wildman–Crippen LogP) is 2.92. The van der Waals surface area contributed by atoms with Gasteiger partial charge in [-0.25, -0.2) is 8.78 Å². The van der Waals surface area contributed by atoms with Crippen molar-refractivity contribution in [3.05, 3.63) is 59.4 Å². The first-order chi connectivity index (χ1) is 12.9. The van der Waals surface area contributed by atoms with Crippen LogP contribution >= 0.6 is 0 Å². The van der Waals surface area contributed by atoms with Gasteiger partial charge in [0.15, 0.2) is 0 Å². The van der Waals surface area contributed by atoms with E-state index in [4.69, 9.17) is 0 Å². The minimum Gasteiger partial charge on any atom is -0.506 e. The molecule has 2 unspecified atom stereocenters. The van der Waals surface area contributed by atoms with Crippen molar-refractivity contribution in [3.8, 4) is 5.75 Å². The smallest absolute Gasteiger partial charge is 0.133 e. The van der Waals surface area contributed by atoms with Gasteiger partial charge < -0.3 is 15.1 Å². The first-order valence-corrected chi connectivity index (χ1v) is 9.43. The van der Waals surface area contributed by atoms with E-state index in [1.807, 2.05) is 6.07 Å². The van der Waals surface area contributed by atoms with Crippen molar-refractivity contribution in [1.29, 1.82) is 0 Å². The topological polar surface area (TPSA) is 56.6 Å². The SMILES string of the molecule is Oc1ccc(CCN2CC3CC(O)(Cc4c(F)cccc4F)C[C@H]3C2)nc1. The lowest BCUT2D eigenvalue weighted by atomic mass is 9.90. The van der Waals surface area contributed by atoms with E-state index in [2.05, 4.69) is 9.88 Å². The molecule has 144 valence electrons. The monoisotopic (exact) mass is 374 g/mol. The highest BCUT2D eigenvalue weighted by Gasteiger charge is 2.48. The van der Waals surface area contributed by atoms with E-state index in [9.17, 15) is 19.0 Å². The summed E-state index contributed by atoms with van der Waals surface area (Å²) in [6.45, 7) is 2.67. The molecule has 1 aromatic carbocycles. The lowest BCUT2D eigenvalue weighted by Gasteiger charge is -2.26. The number of aromatic hydroxyl groups is 1. The van der Waals surface area contributed by atoms with E-state index in [0.29, 0.717) is 24.7 Å². The van der Waals surface area contributed by atoms with Crippen LogP contribution in [0.2, 0.25) is 0 Å². The molecule has 3 atom stereocenters. The van der Waals surface area contributed by atoms with Gasteiger partial charge in [-0.15, -0.1) is 0 Å². The van der Waals surface area contributed by atoms with Gasteiger partial charge in [-0.2, -0.15) is 0 Å². The van der Waals surface area contributed by atoms with Crippen molar-refractivity contribution in [2.24, 2.45) is 11.8 Å². The molecule has 4 rings (SSSR count). The molecule has 1 aliphatic carbocycles. The van der Waals surface area contributed by atoms with Gasteiger partial charge in [0.05, 0.1) is 11.8 Å². The number of nitrogens with zero attached hydrogens (tertiary/aromatic N) is 2. The molecule has 1 aromatic heterocycles. The minimum atomic E-state index is -1.02. The Morgan fingerprint density at radius 3 is 2.33 bits per heavy atom. The highest BCUT2D eigenvalue weighted by Crippen LogP contribution is 2.45. The van der Waals surface area contributed by atoms with Gasteiger partial charge in [0, 0.05) is 43.7 Å². The number of hydrogen-bond donors (Lipinski definition) is 2. The number of fused-ring (bicyclic) bond motifs is 1. The molecule has 4 nitrogen and oxygen atoms in total. The van der Waals surface area contributed by atoms with E-state index in [-0.39, 0.29) is 17.7 Å². The van der Waals surface area contributed by atoms with Gasteiger partial charge in [-0.05, 0) is 48.9 Å². The normalized spacial score (nSPS) is 27.8. The third-order valence-corrected chi connectivity index (χ3v) is 6.00. The van der Waals surface area contributed by atoms with Crippen LogP contribution in [0.25, 0.3) is 0 Å². The number of likely N-dealkylation sites (tertiary alicyclic amines) is 1. The molecule has 1 saturated carbocycles. The van der Waals surface area contributed by atoms with Crippen LogP contribution in [-0.4, -0.2) is 45.3 Å². The van der Waals surface area contributed by atoms with Gasteiger partial charge in [-0.1, -0.05) is 6.07 Å². The second-order valence-corrected chi connectivity index (χ2v) is 8.05. The van der Waals surface area contributed by atoms with E-state index < -0.39 is 17.2 Å². The summed E-state index contributed by atoms with van der Waals surface area (Å²) in [7, 11) is 0. The summed E-state index contributed by atoms with van der Waals surface area (Å²) in [6, 6.07) is 7.31. The zero-order valence-electron chi connectivity index (χ0n) is 15.1. The van der Waals surface area contributed by atoms with Crippen LogP contribution in [0.3, 0.4) is 0 Å². The van der Waals surface area contributed by atoms with Gasteiger partial charge in [0.25, 0.3) is 0 Å². The Hall–Kier alpha value is -2.05. The van der Waals surface area contributed by atoms with Crippen molar-refractivity contribution < 1.29 is 19.0 Å². The van der Waals surface area contributed by atoms with Crippen LogP contribution in [0.15, 0.2) is 36.5 Å². The predicted molar refractivity (Wildman–Crippen MR) is 97.3 cm³/mol. The van der Waals surface area contributed by atoms with Crippen LogP contribution in [-0.2, 0) is 12.8 Å². The summed E-state index contributed by atoms with van der Waals surface area (Å²) in [5, 5.41) is 20.2. The number of hydrogen-bond acceptors (Lipinski definition) is 4. The first-order valence-electron chi connectivity index (χ1n) is 9.43. The average molecular weight is 374 g/mol. The summed E-state index contributed by atoms with van der Waals surface area (Å²) >= 11 is 0. The van der Waals surface area contributed by atoms with Crippen molar-refractivity contribution >= 4 is 0 Å². The molecule has 2 heterocycles. The highest BCUT2D eigenvalue weighted by molar-refractivity contribution is 5.23. The lowest BCUT2D eigenvalue weighted by molar-refractivity contribution is 0.0338. The first kappa shape index (κ1) is 18.3. The minimum absolute atomic E-state index is 0.00441. The summed E-state index contributed by atoms with van der Waals surface area (Å²) in [6.07, 6.45) is 3.47. The van der Waals surface area contributed by atoms with Crippen LogP contribution in [0, 0.1) is 23.5 Å². The molecule has 2 fully saturated rings. The van der Waals surface area contributed by atoms with Crippen LogP contribution in [0.1, 0.15) is 24.1 Å². The molecule has 1 saturated heterocycles. The molecule has 2 aliphatic rings. The van der Waals surface area contributed by atoms with E-state index >= 15 is 0 Å². The van der Waals surface area contributed by atoms with Gasteiger partial charge >= 0.3 is 0 Å². The number of rotatable bonds is 5. The number of aliphatic hydroxyl groups is 1. The zero-order chi connectivity index (χ0) is 19.0. The standard InChI is InChI=1S/C21H24F2N2O2/c22-19-2-1-3-20(23)18(19)10-21(27)8-14-12-25(13-15(14)9-21)7-6-16-4-5-17(26)11-24-16/h1-5,11,14-15,26-27H,6-10,12-13H2/t14-,15?,21?/m0/s1. The Bertz CT molecular complexity index is 778. The van der Waals surface area contributed by atoms with Crippen molar-refractivity contribution in [1.82, 2.24) is 9.88 Å². The van der Waals surface area contributed by atoms with E-state index in [1.54, 1.807) is 6.07 Å². The van der Waals surface area contributed by atoms with Crippen molar-refractivity contribution in [3.63, 3.8) is 0 Å². The summed E-state index contributed by atoms with van der Waals surface area (Å²) in [4.78, 5) is 6.58. The van der Waals surface area contributed by atoms with E-state index in [1.165, 1.54) is 24.4 Å². The molecule has 27 heavy (non-hydrogen) atoms. The molecular formula is C21H24F2N2O2. The summed E-state index contributed by atoms with van der Waals surface area (Å²) in [5.41, 5.74) is -0.0881. The summed E-state index contributed by atoms with van der Waals surface area (Å²) in [5.74, 6) is -0.276. The highest BCUT2D eigenvalue weighted by atomic mass is 19.1. The number of halogens is 2. The number of pyridine rings is 1. The van der Waals surface area contributed by atoms with Crippen molar-refractivity contribution in [2.75, 3.05) is 19.6 Å². The molecular weight excluding hydrogens is 350 g/mol. The van der Waals surface area contributed by atoms with Crippen LogP contribution in [0.4, 0.5) is 8.78 Å². The molecule has 0 spiro atoms. The van der Waals surface area contributed by atoms with Crippen LogP contribution in [0.5, 0.6) is 5.75 Å². The maximum absolute atomic E-state index is 13.9. The maximum Gasteiger partial charge on any atom is 0.133 e. The maximum atomic E-state index is 13.9. The Balaban J connectivity index is 1.33. The Morgan fingerprint density at radius 2 is 1.74 bits per heavy atom. The Morgan fingerprint density at radius 1 is 1.07 bits per heavy atom. The summed E-state index contributed by atoms with van der Waals surface area (Å²) < 4.78 is 27.9. The number of benzene rings is 1. The molecule has 6 heteroatoms. The average Bonchev–Trinajstić information content (AvgIpc) is 3.12. The van der Waals surface area contributed by atoms with Gasteiger partial charge in [0.2, 0.25) is 0 Å². The fourth-order valence-electron chi connectivity index (χ4n) is 4.75. The third-order valence-electron chi connectivity index (χ3n) is 6.00. The second kappa shape index (κ2) is 7.17. The fraction of sp³-hybridized carbons (Fsp3) is 0.476. The third kappa shape index (κ3) is 3.96. The lowest BCUT2D eigenvalue weighted by Crippen LogP contribution is -2.33. The molecule has 0 amide bonds. The molecule has 1 aliphatic heterocycles.